The molecule has 106 valence electrons. The van der Waals surface area contributed by atoms with Crippen LogP contribution < -0.4 is 0 Å². The van der Waals surface area contributed by atoms with Crippen LogP contribution in [0.25, 0.3) is 0 Å². The van der Waals surface area contributed by atoms with Crippen LogP contribution in [0.5, 0.6) is 0 Å². The standard InChI is InChI=1S/C13H26N2O3/c1-14(8-10-18-11-9-16)12-13(17)15-6-4-2-3-5-7-15/h16H,2-12H2,1H3. The van der Waals surface area contributed by atoms with E-state index in [0.717, 1.165) is 32.5 Å². The van der Waals surface area contributed by atoms with Crippen molar-refractivity contribution in [2.24, 2.45) is 0 Å². The van der Waals surface area contributed by atoms with Crippen molar-refractivity contribution in [3.05, 3.63) is 0 Å². The molecule has 0 bridgehead atoms. The molecular formula is C13H26N2O3. The molecule has 0 aliphatic carbocycles. The van der Waals surface area contributed by atoms with E-state index in [0.29, 0.717) is 19.8 Å². The minimum atomic E-state index is 0.0520. The lowest BCUT2D eigenvalue weighted by molar-refractivity contribution is -0.132. The first-order valence-corrected chi connectivity index (χ1v) is 6.89. The van der Waals surface area contributed by atoms with Crippen molar-refractivity contribution in [2.45, 2.75) is 25.7 Å². The SMILES string of the molecule is CN(CCOCCO)CC(=O)N1CCCCCC1. The van der Waals surface area contributed by atoms with Gasteiger partial charge in [-0.2, -0.15) is 0 Å². The summed E-state index contributed by atoms with van der Waals surface area (Å²) in [7, 11) is 1.93. The number of rotatable bonds is 7. The van der Waals surface area contributed by atoms with E-state index < -0.39 is 0 Å². The second-order valence-electron chi connectivity index (χ2n) is 4.87. The smallest absolute Gasteiger partial charge is 0.236 e. The highest BCUT2D eigenvalue weighted by Gasteiger charge is 2.16. The van der Waals surface area contributed by atoms with Crippen LogP contribution in [0.1, 0.15) is 25.7 Å². The molecule has 1 saturated heterocycles. The summed E-state index contributed by atoms with van der Waals surface area (Å²) in [6.45, 7) is 3.98. The lowest BCUT2D eigenvalue weighted by Crippen LogP contribution is -2.40. The van der Waals surface area contributed by atoms with Crippen LogP contribution in [-0.4, -0.2) is 73.9 Å². The summed E-state index contributed by atoms with van der Waals surface area (Å²) < 4.78 is 5.18. The molecule has 18 heavy (non-hydrogen) atoms. The van der Waals surface area contributed by atoms with Crippen molar-refractivity contribution in [1.82, 2.24) is 9.80 Å². The zero-order valence-electron chi connectivity index (χ0n) is 11.4. The summed E-state index contributed by atoms with van der Waals surface area (Å²) in [5, 5.41) is 8.57. The monoisotopic (exact) mass is 258 g/mol. The van der Waals surface area contributed by atoms with Gasteiger partial charge in [-0.25, -0.2) is 0 Å². The average molecular weight is 258 g/mol. The van der Waals surface area contributed by atoms with Gasteiger partial charge in [-0.15, -0.1) is 0 Å². The summed E-state index contributed by atoms with van der Waals surface area (Å²) in [5.74, 6) is 0.224. The summed E-state index contributed by atoms with van der Waals surface area (Å²) in [6, 6.07) is 0. The summed E-state index contributed by atoms with van der Waals surface area (Å²) in [6.07, 6.45) is 4.76. The fraction of sp³-hybridized carbons (Fsp3) is 0.923. The van der Waals surface area contributed by atoms with Gasteiger partial charge in [-0.3, -0.25) is 9.69 Å². The molecule has 0 aromatic rings. The highest BCUT2D eigenvalue weighted by Crippen LogP contribution is 2.09. The molecule has 0 saturated carbocycles. The van der Waals surface area contributed by atoms with Crippen molar-refractivity contribution in [2.75, 3.05) is 53.0 Å². The maximum Gasteiger partial charge on any atom is 0.236 e. The van der Waals surface area contributed by atoms with Crippen molar-refractivity contribution in [3.63, 3.8) is 0 Å². The maximum atomic E-state index is 12.1. The summed E-state index contributed by atoms with van der Waals surface area (Å²) >= 11 is 0. The Balaban J connectivity index is 2.17. The number of aliphatic hydroxyl groups is 1. The highest BCUT2D eigenvalue weighted by molar-refractivity contribution is 5.78. The second kappa shape index (κ2) is 9.30. The predicted molar refractivity (Wildman–Crippen MR) is 70.4 cm³/mol. The first-order valence-electron chi connectivity index (χ1n) is 6.89. The minimum absolute atomic E-state index is 0.0520. The number of nitrogens with zero attached hydrogens (tertiary/aromatic N) is 2. The Bertz CT molecular complexity index is 228. The van der Waals surface area contributed by atoms with Gasteiger partial charge < -0.3 is 14.7 Å². The van der Waals surface area contributed by atoms with E-state index in [1.165, 1.54) is 12.8 Å². The van der Waals surface area contributed by atoms with Gasteiger partial charge in [0.25, 0.3) is 0 Å². The van der Waals surface area contributed by atoms with Crippen molar-refractivity contribution in [1.29, 1.82) is 0 Å². The normalized spacial score (nSPS) is 16.9. The Kier molecular flexibility index (Phi) is 7.96. The van der Waals surface area contributed by atoms with Crippen LogP contribution in [0.3, 0.4) is 0 Å². The first kappa shape index (κ1) is 15.4. The molecule has 1 heterocycles. The van der Waals surface area contributed by atoms with Crippen LogP contribution in [0.2, 0.25) is 0 Å². The molecule has 1 rings (SSSR count). The molecule has 0 atom stereocenters. The minimum Gasteiger partial charge on any atom is -0.394 e. The molecule has 1 aliphatic rings. The van der Waals surface area contributed by atoms with Crippen molar-refractivity contribution in [3.8, 4) is 0 Å². The fourth-order valence-corrected chi connectivity index (χ4v) is 2.12. The molecule has 5 heteroatoms. The van der Waals surface area contributed by atoms with Crippen molar-refractivity contribution < 1.29 is 14.6 Å². The number of carbonyl (C=O) groups is 1. The Morgan fingerprint density at radius 1 is 1.22 bits per heavy atom. The predicted octanol–water partition coefficient (Wildman–Crippen LogP) is 0.330. The van der Waals surface area contributed by atoms with E-state index in [4.69, 9.17) is 9.84 Å². The van der Waals surface area contributed by atoms with Crippen LogP contribution in [0.4, 0.5) is 0 Å². The van der Waals surface area contributed by atoms with Crippen LogP contribution in [0.15, 0.2) is 0 Å². The van der Waals surface area contributed by atoms with Gasteiger partial charge in [-0.1, -0.05) is 12.8 Å². The van der Waals surface area contributed by atoms with Crippen LogP contribution in [-0.2, 0) is 9.53 Å². The Labute approximate surface area is 110 Å². The van der Waals surface area contributed by atoms with E-state index in [-0.39, 0.29) is 12.5 Å². The lowest BCUT2D eigenvalue weighted by Gasteiger charge is -2.24. The molecule has 0 unspecified atom stereocenters. The zero-order valence-corrected chi connectivity index (χ0v) is 11.4. The number of hydrogen-bond donors (Lipinski definition) is 1. The van der Waals surface area contributed by atoms with E-state index in [2.05, 4.69) is 0 Å². The first-order chi connectivity index (χ1) is 8.74. The van der Waals surface area contributed by atoms with Gasteiger partial charge in [0.05, 0.1) is 26.4 Å². The number of ether oxygens (including phenoxy) is 1. The quantitative estimate of drug-likeness (QED) is 0.669. The topological polar surface area (TPSA) is 53.0 Å². The van der Waals surface area contributed by atoms with E-state index >= 15 is 0 Å². The molecule has 0 aromatic heterocycles. The number of aliphatic hydroxyl groups excluding tert-OH is 1. The number of likely N-dealkylation sites (tertiary alicyclic amines) is 1. The molecule has 0 spiro atoms. The Hall–Kier alpha value is -0.650. The molecule has 0 aromatic carbocycles. The molecular weight excluding hydrogens is 232 g/mol. The maximum absolute atomic E-state index is 12.1. The molecule has 1 N–H and O–H groups in total. The third-order valence-electron chi connectivity index (χ3n) is 3.22. The highest BCUT2D eigenvalue weighted by atomic mass is 16.5. The Morgan fingerprint density at radius 3 is 2.50 bits per heavy atom. The number of amides is 1. The number of likely N-dealkylation sites (N-methyl/N-ethyl adjacent to an activating group) is 1. The molecule has 1 fully saturated rings. The third kappa shape index (κ3) is 6.33. The summed E-state index contributed by atoms with van der Waals surface area (Å²) in [4.78, 5) is 16.0. The molecule has 1 aliphatic heterocycles. The molecule has 0 radical (unpaired) electrons. The Morgan fingerprint density at radius 2 is 1.89 bits per heavy atom. The fourth-order valence-electron chi connectivity index (χ4n) is 2.12. The zero-order chi connectivity index (χ0) is 13.2. The lowest BCUT2D eigenvalue weighted by atomic mass is 10.2. The van der Waals surface area contributed by atoms with E-state index in [1.54, 1.807) is 0 Å². The van der Waals surface area contributed by atoms with Gasteiger partial charge in [0.1, 0.15) is 0 Å². The number of hydrogen-bond acceptors (Lipinski definition) is 4. The van der Waals surface area contributed by atoms with Crippen LogP contribution in [0, 0.1) is 0 Å². The van der Waals surface area contributed by atoms with Gasteiger partial charge in [0, 0.05) is 19.6 Å². The van der Waals surface area contributed by atoms with Gasteiger partial charge in [-0.05, 0) is 19.9 Å². The average Bonchev–Trinajstić information content (AvgIpc) is 2.63. The van der Waals surface area contributed by atoms with Gasteiger partial charge >= 0.3 is 0 Å². The van der Waals surface area contributed by atoms with E-state index in [9.17, 15) is 4.79 Å². The molecule has 5 nitrogen and oxygen atoms in total. The largest absolute Gasteiger partial charge is 0.394 e. The van der Waals surface area contributed by atoms with Crippen molar-refractivity contribution >= 4 is 5.91 Å². The summed E-state index contributed by atoms with van der Waals surface area (Å²) in [5.41, 5.74) is 0. The molecule has 1 amide bonds. The number of carbonyl (C=O) groups excluding carboxylic acids is 1. The van der Waals surface area contributed by atoms with Gasteiger partial charge in [0.15, 0.2) is 0 Å². The second-order valence-corrected chi connectivity index (χ2v) is 4.87. The van der Waals surface area contributed by atoms with Crippen LogP contribution >= 0.6 is 0 Å². The van der Waals surface area contributed by atoms with Gasteiger partial charge in [0.2, 0.25) is 5.91 Å². The van der Waals surface area contributed by atoms with E-state index in [1.807, 2.05) is 16.8 Å². The third-order valence-corrected chi connectivity index (χ3v) is 3.22.